The van der Waals surface area contributed by atoms with Crippen LogP contribution in [0.3, 0.4) is 0 Å². The summed E-state index contributed by atoms with van der Waals surface area (Å²) < 4.78 is 74.1. The molecule has 2 fully saturated rings. The third-order valence-electron chi connectivity index (χ3n) is 8.84. The average Bonchev–Trinajstić information content (AvgIpc) is 3.52. The molecule has 3 aromatic heterocycles. The third kappa shape index (κ3) is 8.54. The predicted octanol–water partition coefficient (Wildman–Crippen LogP) is 5.91. The molecule has 256 valence electrons. The van der Waals surface area contributed by atoms with E-state index >= 15 is 0 Å². The molecular formula is C31H39ClF3N7O4S. The van der Waals surface area contributed by atoms with E-state index in [4.69, 9.17) is 16.3 Å². The lowest BCUT2D eigenvalue weighted by molar-refractivity contribution is -0.190. The molecule has 0 aromatic carbocycles. The number of nitrogens with zero attached hydrogens (tertiary/aromatic N) is 4. The Hall–Kier alpha value is -3.43. The summed E-state index contributed by atoms with van der Waals surface area (Å²) in [5.74, 6) is 0.248. The minimum absolute atomic E-state index is 0.0930. The first-order valence-electron chi connectivity index (χ1n) is 15.7. The Morgan fingerprint density at radius 3 is 2.66 bits per heavy atom. The summed E-state index contributed by atoms with van der Waals surface area (Å²) in [5, 5.41) is 10.3. The number of hydrogen-bond acceptors (Lipinski definition) is 9. The molecule has 11 nitrogen and oxygen atoms in total. The number of rotatable bonds is 15. The molecule has 5 rings (SSSR count). The van der Waals surface area contributed by atoms with Crippen molar-refractivity contribution in [2.45, 2.75) is 82.0 Å². The van der Waals surface area contributed by atoms with E-state index in [9.17, 15) is 26.4 Å². The fourth-order valence-corrected chi connectivity index (χ4v) is 7.20. The molecule has 1 aliphatic carbocycles. The topological polar surface area (TPSA) is 140 Å². The maximum Gasteiger partial charge on any atom is 0.394 e. The van der Waals surface area contributed by atoms with Crippen LogP contribution in [0.2, 0.25) is 5.15 Å². The zero-order chi connectivity index (χ0) is 33.9. The average molecular weight is 698 g/mol. The van der Waals surface area contributed by atoms with Gasteiger partial charge in [-0.15, -0.1) is 5.10 Å². The maximum atomic E-state index is 13.1. The fourth-order valence-electron chi connectivity index (χ4n) is 6.03. The van der Waals surface area contributed by atoms with Crippen molar-refractivity contribution in [2.75, 3.05) is 25.0 Å². The molecule has 1 saturated heterocycles. The van der Waals surface area contributed by atoms with E-state index in [-0.39, 0.29) is 58.8 Å². The molecule has 3 N–H and O–H groups in total. The molecule has 2 unspecified atom stereocenters. The number of pyridine rings is 2. The van der Waals surface area contributed by atoms with Gasteiger partial charge in [0, 0.05) is 24.3 Å². The van der Waals surface area contributed by atoms with E-state index in [1.54, 1.807) is 6.07 Å². The van der Waals surface area contributed by atoms with Gasteiger partial charge in [0.2, 0.25) is 5.88 Å². The quantitative estimate of drug-likeness (QED) is 0.131. The van der Waals surface area contributed by atoms with E-state index in [1.165, 1.54) is 41.2 Å². The van der Waals surface area contributed by atoms with Crippen LogP contribution < -0.4 is 20.1 Å². The van der Waals surface area contributed by atoms with Gasteiger partial charge in [0.05, 0.1) is 17.6 Å². The van der Waals surface area contributed by atoms with Crippen molar-refractivity contribution in [3.05, 3.63) is 53.3 Å². The molecule has 3 aromatic rings. The maximum absolute atomic E-state index is 13.1. The SMILES string of the molecule is CCCC1(C)CC(CCCNc2cccc(S(=O)(=O)NC(=O)c3ccc(-n4ccc(OCCC5(C(F)(F)F)CC5)n4)nc3Cl)n2)CN1. The zero-order valence-corrected chi connectivity index (χ0v) is 27.8. The second-order valence-electron chi connectivity index (χ2n) is 12.6. The van der Waals surface area contributed by atoms with Gasteiger partial charge in [-0.05, 0) is 88.6 Å². The van der Waals surface area contributed by atoms with E-state index < -0.39 is 27.5 Å². The molecule has 1 aliphatic heterocycles. The number of alkyl halides is 3. The number of amides is 1. The number of aromatic nitrogens is 4. The molecule has 47 heavy (non-hydrogen) atoms. The minimum atomic E-state index is -4.34. The van der Waals surface area contributed by atoms with Crippen LogP contribution in [-0.2, 0) is 10.0 Å². The van der Waals surface area contributed by atoms with Crippen molar-refractivity contribution in [2.24, 2.45) is 11.3 Å². The van der Waals surface area contributed by atoms with Gasteiger partial charge >= 0.3 is 6.18 Å². The van der Waals surface area contributed by atoms with Gasteiger partial charge in [-0.2, -0.15) is 21.6 Å². The van der Waals surface area contributed by atoms with Gasteiger partial charge in [-0.1, -0.05) is 31.0 Å². The monoisotopic (exact) mass is 697 g/mol. The highest BCUT2D eigenvalue weighted by Gasteiger charge is 2.62. The molecular weight excluding hydrogens is 659 g/mol. The van der Waals surface area contributed by atoms with Crippen molar-refractivity contribution >= 4 is 33.3 Å². The first-order chi connectivity index (χ1) is 22.2. The molecule has 1 amide bonds. The van der Waals surface area contributed by atoms with Gasteiger partial charge in [0.25, 0.3) is 15.9 Å². The molecule has 1 saturated carbocycles. The Morgan fingerprint density at radius 1 is 1.17 bits per heavy atom. The van der Waals surface area contributed by atoms with Crippen LogP contribution >= 0.6 is 11.6 Å². The lowest BCUT2D eigenvalue weighted by Crippen LogP contribution is -2.35. The highest BCUT2D eigenvalue weighted by Crippen LogP contribution is 2.59. The van der Waals surface area contributed by atoms with E-state index in [1.807, 2.05) is 4.72 Å². The molecule has 2 atom stereocenters. The van der Waals surface area contributed by atoms with Crippen LogP contribution in [-0.4, -0.2) is 65.5 Å². The number of nitrogens with one attached hydrogen (secondary N) is 3. The summed E-state index contributed by atoms with van der Waals surface area (Å²) in [5.41, 5.74) is -1.67. The molecule has 0 spiro atoms. The van der Waals surface area contributed by atoms with Crippen molar-refractivity contribution < 1.29 is 31.1 Å². The molecule has 0 bridgehead atoms. The van der Waals surface area contributed by atoms with Gasteiger partial charge < -0.3 is 15.4 Å². The van der Waals surface area contributed by atoms with Crippen molar-refractivity contribution in [3.63, 3.8) is 0 Å². The Balaban J connectivity index is 1.12. The second-order valence-corrected chi connectivity index (χ2v) is 14.6. The summed E-state index contributed by atoms with van der Waals surface area (Å²) >= 11 is 6.24. The Morgan fingerprint density at radius 2 is 1.96 bits per heavy atom. The van der Waals surface area contributed by atoms with E-state index in [2.05, 4.69) is 39.5 Å². The van der Waals surface area contributed by atoms with Crippen molar-refractivity contribution in [1.82, 2.24) is 29.8 Å². The van der Waals surface area contributed by atoms with Crippen LogP contribution in [0.15, 0.2) is 47.6 Å². The molecule has 16 heteroatoms. The summed E-state index contributed by atoms with van der Waals surface area (Å²) in [6.07, 6.45) is 2.63. The number of hydrogen-bond donors (Lipinski definition) is 3. The summed E-state index contributed by atoms with van der Waals surface area (Å²) in [6.45, 7) is 5.94. The van der Waals surface area contributed by atoms with E-state index in [0.29, 0.717) is 18.3 Å². The summed E-state index contributed by atoms with van der Waals surface area (Å²) in [7, 11) is -4.34. The van der Waals surface area contributed by atoms with Gasteiger partial charge in [-0.25, -0.2) is 19.4 Å². The van der Waals surface area contributed by atoms with Crippen molar-refractivity contribution in [3.8, 4) is 11.7 Å². The number of carbonyl (C=O) groups excluding carboxylic acids is 1. The Kier molecular flexibility index (Phi) is 10.4. The molecule has 4 heterocycles. The standard InChI is InChI=1S/C31H39ClF3N7O4S/c1-3-12-29(2)19-21(20-37-29)6-5-16-36-23-7-4-8-26(38-23)47(44,45)41-28(43)22-9-10-24(39-27(22)32)42-17-11-25(40-42)46-18-15-30(13-14-30)31(33,34)35/h4,7-11,17,21,37H,3,5-6,12-16,18-20H2,1-2H3,(H,36,38)(H,41,43). The molecule has 0 radical (unpaired) electrons. The minimum Gasteiger partial charge on any atom is -0.477 e. The largest absolute Gasteiger partial charge is 0.477 e. The second kappa shape index (κ2) is 14.0. The highest BCUT2D eigenvalue weighted by atomic mass is 35.5. The predicted molar refractivity (Wildman–Crippen MR) is 170 cm³/mol. The summed E-state index contributed by atoms with van der Waals surface area (Å²) in [4.78, 5) is 21.2. The van der Waals surface area contributed by atoms with Crippen LogP contribution in [0, 0.1) is 11.3 Å². The fraction of sp³-hybridized carbons (Fsp3) is 0.548. The number of ether oxygens (including phenoxy) is 1. The first-order valence-corrected chi connectivity index (χ1v) is 17.5. The summed E-state index contributed by atoms with van der Waals surface area (Å²) in [6, 6.07) is 8.62. The van der Waals surface area contributed by atoms with Crippen LogP contribution in [0.4, 0.5) is 19.0 Å². The highest BCUT2D eigenvalue weighted by molar-refractivity contribution is 7.90. The number of sulfonamides is 1. The zero-order valence-electron chi connectivity index (χ0n) is 26.2. The first kappa shape index (κ1) is 34.9. The van der Waals surface area contributed by atoms with Gasteiger partial charge in [0.1, 0.15) is 11.0 Å². The lowest BCUT2D eigenvalue weighted by atomic mass is 9.89. The Labute approximate surface area is 277 Å². The normalized spacial score (nSPS) is 20.6. The van der Waals surface area contributed by atoms with Gasteiger partial charge in [0.15, 0.2) is 10.8 Å². The van der Waals surface area contributed by atoms with Crippen LogP contribution in [0.5, 0.6) is 5.88 Å². The van der Waals surface area contributed by atoms with Crippen LogP contribution in [0.1, 0.15) is 75.6 Å². The third-order valence-corrected chi connectivity index (χ3v) is 10.4. The molecule has 2 aliphatic rings. The Bertz CT molecular complexity index is 1680. The number of carbonyl (C=O) groups is 1. The van der Waals surface area contributed by atoms with E-state index in [0.717, 1.165) is 38.6 Å². The number of anilines is 1. The smallest absolute Gasteiger partial charge is 0.394 e. The van der Waals surface area contributed by atoms with Crippen LogP contribution in [0.25, 0.3) is 5.82 Å². The van der Waals surface area contributed by atoms with Crippen molar-refractivity contribution in [1.29, 1.82) is 0 Å². The lowest BCUT2D eigenvalue weighted by Gasteiger charge is -2.23. The van der Waals surface area contributed by atoms with Gasteiger partial charge in [-0.3, -0.25) is 4.79 Å². The number of halogens is 4.